The van der Waals surface area contributed by atoms with Crippen LogP contribution in [0.25, 0.3) is 0 Å². The molecule has 0 radical (unpaired) electrons. The second kappa shape index (κ2) is 5.43. The van der Waals surface area contributed by atoms with E-state index in [-0.39, 0.29) is 11.5 Å². The van der Waals surface area contributed by atoms with Gasteiger partial charge in [-0.05, 0) is 31.1 Å². The Labute approximate surface area is 82.9 Å². The van der Waals surface area contributed by atoms with Gasteiger partial charge in [0.15, 0.2) is 0 Å². The van der Waals surface area contributed by atoms with Crippen LogP contribution in [0.5, 0.6) is 0 Å². The van der Waals surface area contributed by atoms with Crippen LogP contribution < -0.4 is 0 Å². The molecule has 0 spiro atoms. The van der Waals surface area contributed by atoms with E-state index < -0.39 is 0 Å². The van der Waals surface area contributed by atoms with E-state index in [0.29, 0.717) is 0 Å². The molecule has 0 bridgehead atoms. The van der Waals surface area contributed by atoms with Gasteiger partial charge in [-0.25, -0.2) is 0 Å². The van der Waals surface area contributed by atoms with Gasteiger partial charge in [0.2, 0.25) is 0 Å². The van der Waals surface area contributed by atoms with Crippen molar-refractivity contribution in [3.8, 4) is 0 Å². The summed E-state index contributed by atoms with van der Waals surface area (Å²) < 4.78 is 0. The molecule has 0 aromatic rings. The van der Waals surface area contributed by atoms with Gasteiger partial charge in [0, 0.05) is 0 Å². The SMILES string of the molecule is C=C(CC)CCCC(O)C(C)(C)C. The average molecular weight is 184 g/mol. The third-order valence-corrected chi connectivity index (χ3v) is 2.51. The Balaban J connectivity index is 3.60. The highest BCUT2D eigenvalue weighted by molar-refractivity contribution is 4.92. The maximum atomic E-state index is 9.74. The summed E-state index contributed by atoms with van der Waals surface area (Å²) in [5.74, 6) is 0. The summed E-state index contributed by atoms with van der Waals surface area (Å²) in [5, 5.41) is 9.74. The fraction of sp³-hybridized carbons (Fsp3) is 0.833. The zero-order valence-electron chi connectivity index (χ0n) is 9.56. The van der Waals surface area contributed by atoms with Crippen LogP contribution in [0.4, 0.5) is 0 Å². The second-order valence-electron chi connectivity index (χ2n) is 4.88. The Kier molecular flexibility index (Phi) is 5.31. The minimum absolute atomic E-state index is 0.0214. The lowest BCUT2D eigenvalue weighted by molar-refractivity contribution is 0.0540. The van der Waals surface area contributed by atoms with E-state index in [0.717, 1.165) is 25.7 Å². The topological polar surface area (TPSA) is 20.2 Å². The average Bonchev–Trinajstić information content (AvgIpc) is 2.02. The molecule has 13 heavy (non-hydrogen) atoms. The van der Waals surface area contributed by atoms with E-state index in [1.165, 1.54) is 5.57 Å². The van der Waals surface area contributed by atoms with Crippen LogP contribution in [0.15, 0.2) is 12.2 Å². The molecule has 0 rings (SSSR count). The number of allylic oxidation sites excluding steroid dienone is 1. The van der Waals surface area contributed by atoms with Crippen LogP contribution in [0.2, 0.25) is 0 Å². The highest BCUT2D eigenvalue weighted by Gasteiger charge is 2.21. The molecular formula is C12H24O. The maximum Gasteiger partial charge on any atom is 0.0588 e. The maximum absolute atomic E-state index is 9.74. The van der Waals surface area contributed by atoms with Crippen molar-refractivity contribution in [1.29, 1.82) is 0 Å². The molecular weight excluding hydrogens is 160 g/mol. The zero-order chi connectivity index (χ0) is 10.5. The Bertz CT molecular complexity index is 153. The van der Waals surface area contributed by atoms with Gasteiger partial charge in [-0.1, -0.05) is 39.8 Å². The standard InChI is InChI=1S/C12H24O/c1-6-10(2)8-7-9-11(13)12(3,4)5/h11,13H,2,6-9H2,1,3-5H3. The smallest absolute Gasteiger partial charge is 0.0588 e. The van der Waals surface area contributed by atoms with Crippen molar-refractivity contribution in [1.82, 2.24) is 0 Å². The second-order valence-corrected chi connectivity index (χ2v) is 4.88. The van der Waals surface area contributed by atoms with E-state index >= 15 is 0 Å². The molecule has 1 nitrogen and oxygen atoms in total. The fourth-order valence-electron chi connectivity index (χ4n) is 1.16. The van der Waals surface area contributed by atoms with Crippen LogP contribution in [-0.4, -0.2) is 11.2 Å². The third-order valence-electron chi connectivity index (χ3n) is 2.51. The van der Waals surface area contributed by atoms with E-state index in [1.807, 2.05) is 0 Å². The van der Waals surface area contributed by atoms with Gasteiger partial charge in [-0.2, -0.15) is 0 Å². The summed E-state index contributed by atoms with van der Waals surface area (Å²) in [6.45, 7) is 12.3. The summed E-state index contributed by atoms with van der Waals surface area (Å²) in [4.78, 5) is 0. The van der Waals surface area contributed by atoms with E-state index in [2.05, 4.69) is 34.3 Å². The van der Waals surface area contributed by atoms with Crippen molar-refractivity contribution in [2.45, 2.75) is 59.5 Å². The molecule has 0 aliphatic rings. The molecule has 0 aromatic heterocycles. The van der Waals surface area contributed by atoms with Gasteiger partial charge < -0.3 is 5.11 Å². The number of aliphatic hydroxyl groups is 1. The summed E-state index contributed by atoms with van der Waals surface area (Å²) >= 11 is 0. The first-order chi connectivity index (χ1) is 5.88. The number of rotatable bonds is 5. The molecule has 0 aromatic carbocycles. The molecule has 1 atom stereocenters. The first-order valence-electron chi connectivity index (χ1n) is 5.22. The van der Waals surface area contributed by atoms with Crippen molar-refractivity contribution in [2.75, 3.05) is 0 Å². The summed E-state index contributed by atoms with van der Waals surface area (Å²) in [5.41, 5.74) is 1.31. The predicted octanol–water partition coefficient (Wildman–Crippen LogP) is 3.53. The largest absolute Gasteiger partial charge is 0.393 e. The lowest BCUT2D eigenvalue weighted by Crippen LogP contribution is -2.25. The van der Waals surface area contributed by atoms with Crippen LogP contribution in [0, 0.1) is 5.41 Å². The molecule has 1 heteroatoms. The number of hydrogen-bond acceptors (Lipinski definition) is 1. The minimum Gasteiger partial charge on any atom is -0.393 e. The van der Waals surface area contributed by atoms with Gasteiger partial charge >= 0.3 is 0 Å². The van der Waals surface area contributed by atoms with Crippen LogP contribution >= 0.6 is 0 Å². The molecule has 0 saturated carbocycles. The van der Waals surface area contributed by atoms with E-state index in [1.54, 1.807) is 0 Å². The van der Waals surface area contributed by atoms with Gasteiger partial charge in [-0.3, -0.25) is 0 Å². The third kappa shape index (κ3) is 5.87. The first-order valence-corrected chi connectivity index (χ1v) is 5.22. The molecule has 0 aliphatic carbocycles. The predicted molar refractivity (Wildman–Crippen MR) is 58.7 cm³/mol. The molecule has 1 N–H and O–H groups in total. The molecule has 0 heterocycles. The lowest BCUT2D eigenvalue weighted by atomic mass is 9.86. The van der Waals surface area contributed by atoms with Gasteiger partial charge in [0.25, 0.3) is 0 Å². The van der Waals surface area contributed by atoms with Crippen molar-refractivity contribution < 1.29 is 5.11 Å². The highest BCUT2D eigenvalue weighted by Crippen LogP contribution is 2.23. The summed E-state index contributed by atoms with van der Waals surface area (Å²) in [6, 6.07) is 0. The highest BCUT2D eigenvalue weighted by atomic mass is 16.3. The Hall–Kier alpha value is -0.300. The van der Waals surface area contributed by atoms with Crippen molar-refractivity contribution in [2.24, 2.45) is 5.41 Å². The Morgan fingerprint density at radius 2 is 1.92 bits per heavy atom. The first kappa shape index (κ1) is 12.7. The van der Waals surface area contributed by atoms with Crippen LogP contribution in [0.1, 0.15) is 53.4 Å². The number of aliphatic hydroxyl groups excluding tert-OH is 1. The van der Waals surface area contributed by atoms with Crippen LogP contribution in [0.3, 0.4) is 0 Å². The monoisotopic (exact) mass is 184 g/mol. The lowest BCUT2D eigenvalue weighted by Gasteiger charge is -2.25. The molecule has 1 unspecified atom stereocenters. The number of hydrogen-bond donors (Lipinski definition) is 1. The van der Waals surface area contributed by atoms with Crippen LogP contribution in [-0.2, 0) is 0 Å². The summed E-state index contributed by atoms with van der Waals surface area (Å²) in [7, 11) is 0. The normalized spacial score (nSPS) is 14.2. The summed E-state index contributed by atoms with van der Waals surface area (Å²) in [6.07, 6.45) is 3.89. The van der Waals surface area contributed by atoms with Crippen molar-refractivity contribution >= 4 is 0 Å². The molecule has 0 saturated heterocycles. The van der Waals surface area contributed by atoms with Gasteiger partial charge in [-0.15, -0.1) is 0 Å². The quantitative estimate of drug-likeness (QED) is 0.648. The Morgan fingerprint density at radius 3 is 2.31 bits per heavy atom. The van der Waals surface area contributed by atoms with Crippen molar-refractivity contribution in [3.63, 3.8) is 0 Å². The fourth-order valence-corrected chi connectivity index (χ4v) is 1.16. The molecule has 78 valence electrons. The molecule has 0 fully saturated rings. The molecule has 0 amide bonds. The van der Waals surface area contributed by atoms with Gasteiger partial charge in [0.1, 0.15) is 0 Å². The van der Waals surface area contributed by atoms with Crippen molar-refractivity contribution in [3.05, 3.63) is 12.2 Å². The van der Waals surface area contributed by atoms with E-state index in [4.69, 9.17) is 0 Å². The molecule has 0 aliphatic heterocycles. The zero-order valence-corrected chi connectivity index (χ0v) is 9.56. The van der Waals surface area contributed by atoms with E-state index in [9.17, 15) is 5.11 Å². The Morgan fingerprint density at radius 1 is 1.38 bits per heavy atom. The van der Waals surface area contributed by atoms with Gasteiger partial charge in [0.05, 0.1) is 6.10 Å². The minimum atomic E-state index is -0.183.